The van der Waals surface area contributed by atoms with Crippen molar-refractivity contribution in [2.24, 2.45) is 10.9 Å². The third kappa shape index (κ3) is 7.38. The average molecular weight is 471 g/mol. The standard InChI is InChI=1S/C15H25N3O2S2.HI/c1-11(2)18-15(17-9-14-5-4-12(3)21-14)16-8-13-6-7-22(19,20)10-13;/h4-5,11,13H,6-10H2,1-3H3,(H2,16,17,18);1H. The molecule has 23 heavy (non-hydrogen) atoms. The third-order valence-electron chi connectivity index (χ3n) is 3.50. The lowest BCUT2D eigenvalue weighted by molar-refractivity contribution is 0.562. The topological polar surface area (TPSA) is 70.6 Å². The molecule has 1 aliphatic rings. The molecule has 1 saturated heterocycles. The Kier molecular flexibility index (Phi) is 8.29. The first kappa shape index (κ1) is 20.7. The SMILES string of the molecule is Cc1ccc(CN=C(NCC2CCS(=O)(=O)C2)NC(C)C)s1.I. The van der Waals surface area contributed by atoms with Crippen LogP contribution in [0, 0.1) is 12.8 Å². The molecule has 132 valence electrons. The van der Waals surface area contributed by atoms with Crippen LogP contribution in [-0.4, -0.2) is 38.5 Å². The molecule has 0 bridgehead atoms. The Bertz CT molecular complexity index is 626. The summed E-state index contributed by atoms with van der Waals surface area (Å²) in [6.45, 7) is 7.51. The summed E-state index contributed by atoms with van der Waals surface area (Å²) in [5.41, 5.74) is 0. The third-order valence-corrected chi connectivity index (χ3v) is 6.32. The number of nitrogens with one attached hydrogen (secondary N) is 2. The second-order valence-electron chi connectivity index (χ2n) is 6.13. The maximum Gasteiger partial charge on any atom is 0.191 e. The van der Waals surface area contributed by atoms with E-state index in [4.69, 9.17) is 0 Å². The van der Waals surface area contributed by atoms with E-state index in [1.54, 1.807) is 11.3 Å². The lowest BCUT2D eigenvalue weighted by atomic mass is 10.1. The number of aryl methyl sites for hydroxylation is 1. The number of guanidine groups is 1. The number of rotatable bonds is 5. The van der Waals surface area contributed by atoms with Crippen LogP contribution in [0.3, 0.4) is 0 Å². The molecule has 2 rings (SSSR count). The van der Waals surface area contributed by atoms with Crippen molar-refractivity contribution in [2.75, 3.05) is 18.1 Å². The average Bonchev–Trinajstić information content (AvgIpc) is 2.98. The predicted molar refractivity (Wildman–Crippen MR) is 109 cm³/mol. The van der Waals surface area contributed by atoms with Crippen LogP contribution in [0.2, 0.25) is 0 Å². The molecule has 1 atom stereocenters. The van der Waals surface area contributed by atoms with Gasteiger partial charge in [0.2, 0.25) is 0 Å². The smallest absolute Gasteiger partial charge is 0.191 e. The Labute approximate surface area is 160 Å². The predicted octanol–water partition coefficient (Wildman–Crippen LogP) is 2.55. The zero-order valence-corrected chi connectivity index (χ0v) is 17.8. The van der Waals surface area contributed by atoms with Gasteiger partial charge in [0.05, 0.1) is 18.1 Å². The number of hydrogen-bond acceptors (Lipinski definition) is 4. The van der Waals surface area contributed by atoms with Crippen molar-refractivity contribution in [1.29, 1.82) is 0 Å². The van der Waals surface area contributed by atoms with Crippen molar-refractivity contribution in [3.05, 3.63) is 21.9 Å². The van der Waals surface area contributed by atoms with Crippen LogP contribution < -0.4 is 10.6 Å². The van der Waals surface area contributed by atoms with E-state index in [1.165, 1.54) is 9.75 Å². The number of hydrogen-bond donors (Lipinski definition) is 2. The Morgan fingerprint density at radius 3 is 2.70 bits per heavy atom. The molecule has 1 aromatic heterocycles. The zero-order chi connectivity index (χ0) is 16.2. The van der Waals surface area contributed by atoms with Crippen molar-refractivity contribution in [2.45, 2.75) is 39.8 Å². The van der Waals surface area contributed by atoms with Gasteiger partial charge < -0.3 is 10.6 Å². The molecule has 1 aliphatic heterocycles. The molecule has 1 aromatic rings. The second kappa shape index (κ2) is 9.22. The van der Waals surface area contributed by atoms with E-state index in [0.29, 0.717) is 24.6 Å². The minimum absolute atomic E-state index is 0. The fraction of sp³-hybridized carbons (Fsp3) is 0.667. The summed E-state index contributed by atoms with van der Waals surface area (Å²) < 4.78 is 23.0. The Morgan fingerprint density at radius 2 is 2.17 bits per heavy atom. The van der Waals surface area contributed by atoms with Crippen LogP contribution in [-0.2, 0) is 16.4 Å². The zero-order valence-electron chi connectivity index (χ0n) is 13.8. The number of aliphatic imine (C=N–C) groups is 1. The quantitative estimate of drug-likeness (QED) is 0.394. The van der Waals surface area contributed by atoms with Gasteiger partial charge in [-0.05, 0) is 45.2 Å². The first-order valence-electron chi connectivity index (χ1n) is 7.64. The molecule has 0 aromatic carbocycles. The first-order valence-corrected chi connectivity index (χ1v) is 10.3. The highest BCUT2D eigenvalue weighted by Crippen LogP contribution is 2.17. The van der Waals surface area contributed by atoms with E-state index in [-0.39, 0.29) is 35.9 Å². The van der Waals surface area contributed by atoms with Gasteiger partial charge in [-0.25, -0.2) is 13.4 Å². The van der Waals surface area contributed by atoms with Gasteiger partial charge in [0.1, 0.15) is 0 Å². The van der Waals surface area contributed by atoms with Crippen LogP contribution in [0.25, 0.3) is 0 Å². The molecule has 2 heterocycles. The highest BCUT2D eigenvalue weighted by atomic mass is 127. The van der Waals surface area contributed by atoms with Crippen LogP contribution in [0.5, 0.6) is 0 Å². The number of thiophene rings is 1. The summed E-state index contributed by atoms with van der Waals surface area (Å²) in [6, 6.07) is 4.48. The summed E-state index contributed by atoms with van der Waals surface area (Å²) in [5.74, 6) is 1.55. The lowest BCUT2D eigenvalue weighted by Crippen LogP contribution is -2.43. The molecule has 1 unspecified atom stereocenters. The van der Waals surface area contributed by atoms with Crippen molar-refractivity contribution in [3.63, 3.8) is 0 Å². The lowest BCUT2D eigenvalue weighted by Gasteiger charge is -2.17. The minimum Gasteiger partial charge on any atom is -0.356 e. The highest BCUT2D eigenvalue weighted by Gasteiger charge is 2.27. The summed E-state index contributed by atoms with van der Waals surface area (Å²) in [6.07, 6.45) is 0.744. The van der Waals surface area contributed by atoms with E-state index in [1.807, 2.05) is 0 Å². The van der Waals surface area contributed by atoms with Gasteiger partial charge >= 0.3 is 0 Å². The van der Waals surface area contributed by atoms with Gasteiger partial charge in [0, 0.05) is 22.3 Å². The number of nitrogens with zero attached hydrogens (tertiary/aromatic N) is 1. The highest BCUT2D eigenvalue weighted by molar-refractivity contribution is 14.0. The van der Waals surface area contributed by atoms with Crippen LogP contribution in [0.15, 0.2) is 17.1 Å². The van der Waals surface area contributed by atoms with E-state index in [2.05, 4.69) is 48.5 Å². The Balaban J connectivity index is 0.00000264. The molecule has 5 nitrogen and oxygen atoms in total. The van der Waals surface area contributed by atoms with Crippen molar-refractivity contribution in [3.8, 4) is 0 Å². The largest absolute Gasteiger partial charge is 0.356 e. The normalized spacial score (nSPS) is 20.3. The Hall–Kier alpha value is -0.350. The molecule has 0 aliphatic carbocycles. The van der Waals surface area contributed by atoms with Crippen LogP contribution >= 0.6 is 35.3 Å². The second-order valence-corrected chi connectivity index (χ2v) is 9.73. The van der Waals surface area contributed by atoms with E-state index in [9.17, 15) is 8.42 Å². The van der Waals surface area contributed by atoms with E-state index in [0.717, 1.165) is 12.4 Å². The van der Waals surface area contributed by atoms with Gasteiger partial charge in [0.15, 0.2) is 15.8 Å². The molecule has 0 spiro atoms. The minimum atomic E-state index is -2.82. The number of halogens is 1. The monoisotopic (exact) mass is 471 g/mol. The van der Waals surface area contributed by atoms with Crippen LogP contribution in [0.1, 0.15) is 30.0 Å². The fourth-order valence-corrected chi connectivity index (χ4v) is 5.10. The van der Waals surface area contributed by atoms with Gasteiger partial charge in [-0.15, -0.1) is 35.3 Å². The molecule has 0 saturated carbocycles. The van der Waals surface area contributed by atoms with Gasteiger partial charge in [-0.2, -0.15) is 0 Å². The van der Waals surface area contributed by atoms with Crippen molar-refractivity contribution >= 4 is 51.1 Å². The maximum absolute atomic E-state index is 11.5. The molecule has 2 N–H and O–H groups in total. The molecular formula is C15H26IN3O2S2. The van der Waals surface area contributed by atoms with Crippen LogP contribution in [0.4, 0.5) is 0 Å². The molecule has 0 radical (unpaired) electrons. The molecule has 1 fully saturated rings. The van der Waals surface area contributed by atoms with Gasteiger partial charge in [0.25, 0.3) is 0 Å². The fourth-order valence-electron chi connectivity index (χ4n) is 2.43. The maximum atomic E-state index is 11.5. The number of sulfone groups is 1. The summed E-state index contributed by atoms with van der Waals surface area (Å²) in [5, 5.41) is 6.58. The van der Waals surface area contributed by atoms with E-state index >= 15 is 0 Å². The molecule has 8 heteroatoms. The van der Waals surface area contributed by atoms with Crippen molar-refractivity contribution < 1.29 is 8.42 Å². The summed E-state index contributed by atoms with van der Waals surface area (Å²) in [7, 11) is -2.82. The Morgan fingerprint density at radius 1 is 1.43 bits per heavy atom. The van der Waals surface area contributed by atoms with Gasteiger partial charge in [-0.3, -0.25) is 0 Å². The molecular weight excluding hydrogens is 445 g/mol. The first-order chi connectivity index (χ1) is 10.3. The summed E-state index contributed by atoms with van der Waals surface area (Å²) in [4.78, 5) is 7.11. The summed E-state index contributed by atoms with van der Waals surface area (Å²) >= 11 is 1.75. The molecule has 0 amide bonds. The van der Waals surface area contributed by atoms with Gasteiger partial charge in [-0.1, -0.05) is 0 Å². The van der Waals surface area contributed by atoms with Crippen molar-refractivity contribution in [1.82, 2.24) is 10.6 Å². The van der Waals surface area contributed by atoms with E-state index < -0.39 is 9.84 Å².